The minimum absolute atomic E-state index is 0.715. The van der Waals surface area contributed by atoms with Crippen LogP contribution in [0.3, 0.4) is 0 Å². The van der Waals surface area contributed by atoms with E-state index < -0.39 is 15.6 Å². The molecule has 0 atom stereocenters. The summed E-state index contributed by atoms with van der Waals surface area (Å²) >= 11 is 0. The number of hydrogen-bond donors (Lipinski definition) is 1. The topological polar surface area (TPSA) is 103 Å². The molecule has 1 aromatic heterocycles. The number of methoxy groups -OCH3 is 1. The molecule has 0 saturated carbocycles. The summed E-state index contributed by atoms with van der Waals surface area (Å²) in [6.07, 6.45) is 1.35. The van der Waals surface area contributed by atoms with Crippen LogP contribution in [0.2, 0.25) is 0 Å². The van der Waals surface area contributed by atoms with E-state index in [1.807, 2.05) is 25.2 Å². The molecule has 1 N–H and O–H groups in total. The van der Waals surface area contributed by atoms with Crippen molar-refractivity contribution >= 4 is 16.3 Å². The minimum atomic E-state index is -6.09. The van der Waals surface area contributed by atoms with Crippen LogP contribution in [0.25, 0.3) is 0 Å². The van der Waals surface area contributed by atoms with Crippen molar-refractivity contribution in [3.63, 3.8) is 0 Å². The maximum atomic E-state index is 10.7. The minimum Gasteiger partial charge on any atom is -0.741 e. The van der Waals surface area contributed by atoms with E-state index in [1.165, 1.54) is 6.21 Å². The molecule has 0 fully saturated rings. The highest BCUT2D eigenvalue weighted by atomic mass is 32.2. The molecule has 0 aromatic carbocycles. The van der Waals surface area contributed by atoms with Crippen LogP contribution in [0, 0.1) is 0 Å². The lowest BCUT2D eigenvalue weighted by atomic mass is 10.3. The van der Waals surface area contributed by atoms with Gasteiger partial charge in [-0.15, -0.1) is 0 Å². The van der Waals surface area contributed by atoms with Gasteiger partial charge in [-0.1, -0.05) is 5.16 Å². The first-order valence-electron chi connectivity index (χ1n) is 4.77. The van der Waals surface area contributed by atoms with Crippen molar-refractivity contribution < 1.29 is 40.7 Å². The molecule has 0 bridgehead atoms. The molecule has 1 rings (SSSR count). The van der Waals surface area contributed by atoms with Crippen LogP contribution in [-0.4, -0.2) is 37.0 Å². The zero-order valence-electron chi connectivity index (χ0n) is 10.3. The Labute approximate surface area is 112 Å². The average molecular weight is 316 g/mol. The highest BCUT2D eigenvalue weighted by molar-refractivity contribution is 7.86. The van der Waals surface area contributed by atoms with Gasteiger partial charge >= 0.3 is 11.4 Å². The molecule has 1 aromatic rings. The Morgan fingerprint density at radius 2 is 1.95 bits per heavy atom. The van der Waals surface area contributed by atoms with E-state index in [0.717, 1.165) is 5.69 Å². The summed E-state index contributed by atoms with van der Waals surface area (Å²) in [5.41, 5.74) is -4.87. The van der Waals surface area contributed by atoms with Gasteiger partial charge in [-0.3, -0.25) is 0 Å². The van der Waals surface area contributed by atoms with Gasteiger partial charge in [0.15, 0.2) is 10.1 Å². The number of nitrogens with zero attached hydrogens (tertiary/aromatic N) is 2. The molecule has 0 aliphatic rings. The van der Waals surface area contributed by atoms with E-state index >= 15 is 0 Å². The molecule has 114 valence electrons. The number of hydrogen-bond acceptors (Lipinski definition) is 6. The Kier molecular flexibility index (Phi) is 6.39. The molecular weight excluding hydrogens is 305 g/mol. The van der Waals surface area contributed by atoms with Crippen LogP contribution in [0.4, 0.5) is 13.2 Å². The molecule has 0 amide bonds. The summed E-state index contributed by atoms with van der Waals surface area (Å²) in [6, 6.07) is 5.48. The van der Waals surface area contributed by atoms with Crippen molar-refractivity contribution in [2.75, 3.05) is 7.11 Å². The van der Waals surface area contributed by atoms with Crippen molar-refractivity contribution in [3.05, 3.63) is 23.9 Å². The van der Waals surface area contributed by atoms with Crippen molar-refractivity contribution in [1.82, 2.24) is 0 Å². The predicted molar refractivity (Wildman–Crippen MR) is 59.3 cm³/mol. The Morgan fingerprint density at radius 3 is 2.30 bits per heavy atom. The fourth-order valence-corrected chi connectivity index (χ4v) is 0.974. The Morgan fingerprint density at radius 1 is 1.45 bits per heavy atom. The lowest BCUT2D eigenvalue weighted by Gasteiger charge is -2.08. The second kappa shape index (κ2) is 7.05. The molecule has 11 heteroatoms. The number of halogens is 3. The Bertz CT molecular complexity index is 571. The van der Waals surface area contributed by atoms with E-state index in [0.29, 0.717) is 5.88 Å². The van der Waals surface area contributed by atoms with Gasteiger partial charge in [0, 0.05) is 6.07 Å². The third kappa shape index (κ3) is 5.40. The van der Waals surface area contributed by atoms with Crippen molar-refractivity contribution in [1.29, 1.82) is 0 Å². The number of oxime groups is 1. The quantitative estimate of drug-likeness (QED) is 0.212. The highest BCUT2D eigenvalue weighted by Crippen LogP contribution is 2.20. The van der Waals surface area contributed by atoms with E-state index in [-0.39, 0.29) is 0 Å². The second-order valence-corrected chi connectivity index (χ2v) is 4.57. The molecule has 0 saturated heterocycles. The summed E-state index contributed by atoms with van der Waals surface area (Å²) in [5, 5.41) is 11.3. The molecule has 7 nitrogen and oxygen atoms in total. The van der Waals surface area contributed by atoms with Gasteiger partial charge in [-0.05, 0) is 6.07 Å². The summed E-state index contributed by atoms with van der Waals surface area (Å²) < 4.78 is 65.7. The van der Waals surface area contributed by atoms with E-state index in [1.54, 1.807) is 11.7 Å². The number of rotatable bonds is 2. The predicted octanol–water partition coefficient (Wildman–Crippen LogP) is 0.379. The zero-order chi connectivity index (χ0) is 16.0. The Hall–Kier alpha value is -1.88. The number of alkyl halides is 3. The lowest BCUT2D eigenvalue weighted by Crippen LogP contribution is -2.35. The standard InChI is InChI=1S/C8H10N2O2.CHF3O3S/c1-10-7(6-9-11)4-3-5-8(10)12-2;2-1(3,4)8(5,6)7/h3-6H,1-2H3;(H,5,6,7). The van der Waals surface area contributed by atoms with Gasteiger partial charge in [0.05, 0.1) is 13.2 Å². The van der Waals surface area contributed by atoms with Crippen LogP contribution in [0.1, 0.15) is 5.69 Å². The molecule has 0 radical (unpaired) electrons. The fraction of sp³-hybridized carbons (Fsp3) is 0.333. The van der Waals surface area contributed by atoms with Crippen molar-refractivity contribution in [3.8, 4) is 5.88 Å². The monoisotopic (exact) mass is 316 g/mol. The van der Waals surface area contributed by atoms with Crippen molar-refractivity contribution in [2.45, 2.75) is 5.51 Å². The van der Waals surface area contributed by atoms with Gasteiger partial charge in [-0.25, -0.2) is 8.42 Å². The molecule has 0 aliphatic carbocycles. The number of ether oxygens (including phenoxy) is 1. The number of aromatic nitrogens is 1. The van der Waals surface area contributed by atoms with Gasteiger partial charge in [0.2, 0.25) is 5.69 Å². The lowest BCUT2D eigenvalue weighted by molar-refractivity contribution is -0.677. The SMILES string of the molecule is COc1cccc(/C=N/O)[n+]1C.O=S(=O)([O-])C(F)(F)F. The van der Waals surface area contributed by atoms with Gasteiger partial charge in [-0.2, -0.15) is 17.7 Å². The van der Waals surface area contributed by atoms with Gasteiger partial charge in [0.25, 0.3) is 0 Å². The van der Waals surface area contributed by atoms with Crippen LogP contribution < -0.4 is 9.30 Å². The van der Waals surface area contributed by atoms with Crippen LogP contribution >= 0.6 is 0 Å². The molecule has 0 aliphatic heterocycles. The largest absolute Gasteiger partial charge is 0.741 e. The van der Waals surface area contributed by atoms with Crippen LogP contribution in [-0.2, 0) is 17.2 Å². The smallest absolute Gasteiger partial charge is 0.485 e. The zero-order valence-corrected chi connectivity index (χ0v) is 11.1. The van der Waals surface area contributed by atoms with Crippen molar-refractivity contribution in [2.24, 2.45) is 12.2 Å². The summed E-state index contributed by atoms with van der Waals surface area (Å²) in [6.45, 7) is 0. The average Bonchev–Trinajstić information content (AvgIpc) is 2.30. The third-order valence-electron chi connectivity index (χ3n) is 1.91. The summed E-state index contributed by atoms with van der Waals surface area (Å²) in [5.74, 6) is 0.715. The first kappa shape index (κ1) is 18.1. The molecule has 0 unspecified atom stereocenters. The highest BCUT2D eigenvalue weighted by Gasteiger charge is 2.36. The fourth-order valence-electron chi connectivity index (χ4n) is 0.974. The molecule has 1 heterocycles. The van der Waals surface area contributed by atoms with E-state index in [2.05, 4.69) is 5.16 Å². The van der Waals surface area contributed by atoms with E-state index in [4.69, 9.17) is 22.9 Å². The van der Waals surface area contributed by atoms with E-state index in [9.17, 15) is 13.2 Å². The third-order valence-corrected chi connectivity index (χ3v) is 2.47. The van der Waals surface area contributed by atoms with Crippen LogP contribution in [0.15, 0.2) is 23.4 Å². The Balaban J connectivity index is 0.000000396. The van der Waals surface area contributed by atoms with Gasteiger partial charge < -0.3 is 14.5 Å². The summed E-state index contributed by atoms with van der Waals surface area (Å²) in [7, 11) is -2.67. The van der Waals surface area contributed by atoms with Gasteiger partial charge in [0.1, 0.15) is 13.3 Å². The molecule has 0 spiro atoms. The maximum Gasteiger partial charge on any atom is 0.485 e. The normalized spacial score (nSPS) is 11.9. The maximum absolute atomic E-state index is 10.7. The summed E-state index contributed by atoms with van der Waals surface area (Å²) in [4.78, 5) is 0. The van der Waals surface area contributed by atoms with Crippen LogP contribution in [0.5, 0.6) is 5.88 Å². The first-order chi connectivity index (χ1) is 9.04. The first-order valence-corrected chi connectivity index (χ1v) is 6.18. The molecule has 20 heavy (non-hydrogen) atoms. The second-order valence-electron chi connectivity index (χ2n) is 3.20. The number of pyridine rings is 1. The molecular formula is C9H11F3N2O5S.